The number of hydrogen-bond donors (Lipinski definition) is 2. The van der Waals surface area contributed by atoms with E-state index in [1.807, 2.05) is 0 Å². The lowest BCUT2D eigenvalue weighted by Crippen LogP contribution is -2.61. The number of alkyl halides is 7. The van der Waals surface area contributed by atoms with Crippen LogP contribution in [0.3, 0.4) is 0 Å². The van der Waals surface area contributed by atoms with Crippen molar-refractivity contribution in [2.45, 2.75) is 36.7 Å². The van der Waals surface area contributed by atoms with Crippen LogP contribution < -0.4 is 0 Å². The molecule has 2 N–H and O–H groups in total. The van der Waals surface area contributed by atoms with E-state index >= 15 is 0 Å². The summed E-state index contributed by atoms with van der Waals surface area (Å²) >= 11 is 0. The standard InChI is InChI=1S/C12H8F10O2/c13-5-1-4(2-6(14)9(5)15)7(23)3-8(24)10(16,11(17,18)19)12(20,21)22/h1-2,7-8,23-24H,3H2. The van der Waals surface area contributed by atoms with Crippen molar-refractivity contribution in [3.05, 3.63) is 35.1 Å². The monoisotopic (exact) mass is 374 g/mol. The summed E-state index contributed by atoms with van der Waals surface area (Å²) in [6, 6.07) is 0.160. The van der Waals surface area contributed by atoms with Crippen molar-refractivity contribution in [2.75, 3.05) is 0 Å². The molecule has 0 radical (unpaired) electrons. The Morgan fingerprint density at radius 1 is 0.792 bits per heavy atom. The topological polar surface area (TPSA) is 40.5 Å². The first kappa shape index (κ1) is 20.5. The van der Waals surface area contributed by atoms with Crippen LogP contribution in [0.4, 0.5) is 43.9 Å². The minimum atomic E-state index is -6.58. The molecule has 0 heterocycles. The number of halogens is 10. The largest absolute Gasteiger partial charge is 0.434 e. The third-order valence-corrected chi connectivity index (χ3v) is 3.12. The third-order valence-electron chi connectivity index (χ3n) is 3.12. The molecule has 2 unspecified atom stereocenters. The molecule has 0 aliphatic rings. The van der Waals surface area contributed by atoms with Gasteiger partial charge in [-0.1, -0.05) is 0 Å². The second kappa shape index (κ2) is 6.39. The number of aliphatic hydroxyl groups excluding tert-OH is 2. The number of benzene rings is 1. The van der Waals surface area contributed by atoms with Crippen LogP contribution in [0.1, 0.15) is 18.1 Å². The molecule has 138 valence electrons. The Morgan fingerprint density at radius 3 is 1.50 bits per heavy atom. The quantitative estimate of drug-likeness (QED) is 0.623. The van der Waals surface area contributed by atoms with Crippen molar-refractivity contribution >= 4 is 0 Å². The van der Waals surface area contributed by atoms with Gasteiger partial charge in [0.1, 0.15) is 6.10 Å². The van der Waals surface area contributed by atoms with E-state index in [-0.39, 0.29) is 12.1 Å². The van der Waals surface area contributed by atoms with Gasteiger partial charge in [0, 0.05) is 6.42 Å². The molecule has 0 amide bonds. The molecule has 1 aromatic carbocycles. The van der Waals surface area contributed by atoms with Gasteiger partial charge in [-0.15, -0.1) is 0 Å². The van der Waals surface area contributed by atoms with Crippen LogP contribution in [-0.2, 0) is 0 Å². The summed E-state index contributed by atoms with van der Waals surface area (Å²) < 4.78 is 126. The van der Waals surface area contributed by atoms with Crippen molar-refractivity contribution in [2.24, 2.45) is 0 Å². The van der Waals surface area contributed by atoms with Crippen LogP contribution >= 0.6 is 0 Å². The zero-order valence-corrected chi connectivity index (χ0v) is 11.2. The van der Waals surface area contributed by atoms with E-state index in [1.165, 1.54) is 0 Å². The van der Waals surface area contributed by atoms with Crippen molar-refractivity contribution in [1.29, 1.82) is 0 Å². The van der Waals surface area contributed by atoms with Gasteiger partial charge in [0.15, 0.2) is 17.5 Å². The number of hydrogen-bond acceptors (Lipinski definition) is 2. The summed E-state index contributed by atoms with van der Waals surface area (Å²) in [6.07, 6.45) is -21.5. The van der Waals surface area contributed by atoms with Crippen LogP contribution in [0.25, 0.3) is 0 Å². The molecule has 0 aliphatic heterocycles. The van der Waals surface area contributed by atoms with E-state index in [9.17, 15) is 49.0 Å². The Balaban J connectivity index is 3.14. The Morgan fingerprint density at radius 2 is 1.17 bits per heavy atom. The van der Waals surface area contributed by atoms with Gasteiger partial charge < -0.3 is 10.2 Å². The molecule has 1 rings (SSSR count). The summed E-state index contributed by atoms with van der Waals surface area (Å²) in [4.78, 5) is 0. The molecule has 0 aliphatic carbocycles. The maximum Gasteiger partial charge on any atom is 0.434 e. The second-order valence-electron chi connectivity index (χ2n) is 4.77. The van der Waals surface area contributed by atoms with Gasteiger partial charge in [-0.25, -0.2) is 17.6 Å². The zero-order valence-electron chi connectivity index (χ0n) is 11.2. The van der Waals surface area contributed by atoms with Crippen LogP contribution in [0.15, 0.2) is 12.1 Å². The fraction of sp³-hybridized carbons (Fsp3) is 0.500. The highest BCUT2D eigenvalue weighted by Gasteiger charge is 2.76. The van der Waals surface area contributed by atoms with E-state index in [2.05, 4.69) is 0 Å². The van der Waals surface area contributed by atoms with E-state index in [0.717, 1.165) is 0 Å². The lowest BCUT2D eigenvalue weighted by molar-refractivity contribution is -0.366. The first-order chi connectivity index (χ1) is 10.6. The molecular weight excluding hydrogens is 366 g/mol. The molecular formula is C12H8F10O2. The highest BCUT2D eigenvalue weighted by atomic mass is 19.4. The molecule has 0 fully saturated rings. The normalized spacial score (nSPS) is 16.2. The van der Waals surface area contributed by atoms with Crippen LogP contribution in [-0.4, -0.2) is 34.3 Å². The minimum Gasteiger partial charge on any atom is -0.389 e. The lowest BCUT2D eigenvalue weighted by Gasteiger charge is -2.34. The van der Waals surface area contributed by atoms with E-state index < -0.39 is 59.7 Å². The smallest absolute Gasteiger partial charge is 0.389 e. The van der Waals surface area contributed by atoms with Gasteiger partial charge >= 0.3 is 18.0 Å². The molecule has 2 atom stereocenters. The molecule has 0 saturated carbocycles. The molecule has 0 aromatic heterocycles. The van der Waals surface area contributed by atoms with Crippen molar-refractivity contribution in [1.82, 2.24) is 0 Å². The predicted octanol–water partition coefficient (Wildman–Crippen LogP) is 3.72. The van der Waals surface area contributed by atoms with Gasteiger partial charge in [0.05, 0.1) is 6.10 Å². The predicted molar refractivity (Wildman–Crippen MR) is 57.8 cm³/mol. The summed E-state index contributed by atoms with van der Waals surface area (Å²) in [5.41, 5.74) is -7.07. The summed E-state index contributed by atoms with van der Waals surface area (Å²) in [5, 5.41) is 18.4. The molecule has 12 heteroatoms. The van der Waals surface area contributed by atoms with Crippen molar-refractivity contribution in [3.8, 4) is 0 Å². The first-order valence-corrected chi connectivity index (χ1v) is 5.95. The SMILES string of the molecule is OC(CC(O)C(F)(C(F)(F)F)C(F)(F)F)c1cc(F)c(F)c(F)c1. The fourth-order valence-electron chi connectivity index (χ4n) is 1.82. The lowest BCUT2D eigenvalue weighted by atomic mass is 9.90. The van der Waals surface area contributed by atoms with Crippen LogP contribution in [0.2, 0.25) is 0 Å². The van der Waals surface area contributed by atoms with E-state index in [1.54, 1.807) is 0 Å². The fourth-order valence-corrected chi connectivity index (χ4v) is 1.82. The van der Waals surface area contributed by atoms with Crippen LogP contribution in [0.5, 0.6) is 0 Å². The molecule has 0 bridgehead atoms. The van der Waals surface area contributed by atoms with Gasteiger partial charge in [-0.05, 0) is 17.7 Å². The average molecular weight is 374 g/mol. The van der Waals surface area contributed by atoms with Gasteiger partial charge in [-0.3, -0.25) is 0 Å². The summed E-state index contributed by atoms with van der Waals surface area (Å²) in [6.45, 7) is 0. The van der Waals surface area contributed by atoms with Gasteiger partial charge in [0.25, 0.3) is 0 Å². The highest BCUT2D eigenvalue weighted by molar-refractivity contribution is 5.22. The molecule has 0 saturated heterocycles. The molecule has 2 nitrogen and oxygen atoms in total. The van der Waals surface area contributed by atoms with E-state index in [4.69, 9.17) is 5.11 Å². The van der Waals surface area contributed by atoms with Crippen molar-refractivity contribution < 1.29 is 54.1 Å². The maximum absolute atomic E-state index is 13.5. The van der Waals surface area contributed by atoms with Crippen molar-refractivity contribution in [3.63, 3.8) is 0 Å². The Labute approximate surface area is 127 Å². The molecule has 0 spiro atoms. The number of rotatable bonds is 4. The Kier molecular flexibility index (Phi) is 5.45. The Bertz CT molecular complexity index is 557. The molecule has 24 heavy (non-hydrogen) atoms. The van der Waals surface area contributed by atoms with E-state index in [0.29, 0.717) is 0 Å². The third kappa shape index (κ3) is 3.58. The second-order valence-corrected chi connectivity index (χ2v) is 4.77. The highest BCUT2D eigenvalue weighted by Crippen LogP contribution is 2.49. The molecule has 1 aromatic rings. The number of aliphatic hydroxyl groups is 2. The maximum atomic E-state index is 13.5. The zero-order chi connectivity index (χ0) is 19.1. The average Bonchev–Trinajstić information content (AvgIpc) is 2.40. The minimum absolute atomic E-state index is 0.0802. The Hall–Kier alpha value is -1.56. The van der Waals surface area contributed by atoms with Crippen LogP contribution in [0, 0.1) is 17.5 Å². The first-order valence-electron chi connectivity index (χ1n) is 5.95. The summed E-state index contributed by atoms with van der Waals surface area (Å²) in [7, 11) is 0. The van der Waals surface area contributed by atoms with Gasteiger partial charge in [0.2, 0.25) is 0 Å². The van der Waals surface area contributed by atoms with Gasteiger partial charge in [-0.2, -0.15) is 26.3 Å². The summed E-state index contributed by atoms with van der Waals surface area (Å²) in [5.74, 6) is -5.79.